The molecule has 0 unspecified atom stereocenters. The Morgan fingerprint density at radius 1 is 1.41 bits per heavy atom. The number of aliphatic hydroxyl groups excluding tert-OH is 1. The number of hydrogen-bond donors (Lipinski definition) is 2. The Morgan fingerprint density at radius 3 is 2.53 bits per heavy atom. The van der Waals surface area contributed by atoms with Crippen molar-refractivity contribution in [1.29, 1.82) is 0 Å². The lowest BCUT2D eigenvalue weighted by atomic mass is 10.2. The van der Waals surface area contributed by atoms with Gasteiger partial charge in [0.25, 0.3) is 0 Å². The van der Waals surface area contributed by atoms with Gasteiger partial charge in [-0.05, 0) is 36.8 Å². The number of carbonyl (C=O) groups excluding carboxylic acids is 1. The predicted octanol–water partition coefficient (Wildman–Crippen LogP) is 2.50. The van der Waals surface area contributed by atoms with Crippen LogP contribution in [0.3, 0.4) is 0 Å². The van der Waals surface area contributed by atoms with Gasteiger partial charge in [0.05, 0.1) is 6.61 Å². The third kappa shape index (κ3) is 5.22. The van der Waals surface area contributed by atoms with Gasteiger partial charge in [0, 0.05) is 22.2 Å². The molecule has 2 N–H and O–H groups in total. The Labute approximate surface area is 110 Å². The summed E-state index contributed by atoms with van der Waals surface area (Å²) in [4.78, 5) is 11.4. The number of hydrogen-bond acceptors (Lipinski definition) is 2. The van der Waals surface area contributed by atoms with E-state index in [9.17, 15) is 4.79 Å². The van der Waals surface area contributed by atoms with E-state index in [2.05, 4.69) is 5.32 Å². The molecule has 0 saturated carbocycles. The van der Waals surface area contributed by atoms with Crippen LogP contribution in [-0.4, -0.2) is 23.7 Å². The van der Waals surface area contributed by atoms with Crippen LogP contribution >= 0.6 is 23.2 Å². The first-order valence-electron chi connectivity index (χ1n) is 5.07. The maximum atomic E-state index is 11.4. The van der Waals surface area contributed by atoms with E-state index in [-0.39, 0.29) is 18.6 Å². The average Bonchev–Trinajstić information content (AvgIpc) is 2.25. The van der Waals surface area contributed by atoms with E-state index in [1.165, 1.54) is 6.08 Å². The molecule has 1 atom stereocenters. The van der Waals surface area contributed by atoms with Crippen molar-refractivity contribution in [3.63, 3.8) is 0 Å². The summed E-state index contributed by atoms with van der Waals surface area (Å²) in [5.74, 6) is -0.275. The Balaban J connectivity index is 2.67. The molecular weight excluding hydrogens is 261 g/mol. The number of carbonyl (C=O) groups is 1. The minimum atomic E-state index is -0.275. The summed E-state index contributed by atoms with van der Waals surface area (Å²) < 4.78 is 0. The molecule has 5 heteroatoms. The van der Waals surface area contributed by atoms with Gasteiger partial charge in [-0.3, -0.25) is 4.79 Å². The quantitative estimate of drug-likeness (QED) is 0.829. The van der Waals surface area contributed by atoms with Gasteiger partial charge in [0.1, 0.15) is 0 Å². The van der Waals surface area contributed by atoms with Crippen LogP contribution in [0.2, 0.25) is 10.0 Å². The molecule has 92 valence electrons. The van der Waals surface area contributed by atoms with E-state index in [0.29, 0.717) is 10.0 Å². The van der Waals surface area contributed by atoms with E-state index in [4.69, 9.17) is 28.3 Å². The fraction of sp³-hybridized carbons (Fsp3) is 0.250. The van der Waals surface area contributed by atoms with E-state index < -0.39 is 0 Å². The zero-order chi connectivity index (χ0) is 12.8. The van der Waals surface area contributed by atoms with E-state index in [1.807, 2.05) is 0 Å². The molecule has 0 aromatic heterocycles. The highest BCUT2D eigenvalue weighted by Gasteiger charge is 2.02. The molecule has 1 aromatic rings. The predicted molar refractivity (Wildman–Crippen MR) is 70.2 cm³/mol. The van der Waals surface area contributed by atoms with Crippen LogP contribution in [0, 0.1) is 0 Å². The Morgan fingerprint density at radius 2 is 2.00 bits per heavy atom. The zero-order valence-electron chi connectivity index (χ0n) is 9.28. The van der Waals surface area contributed by atoms with Crippen molar-refractivity contribution in [2.75, 3.05) is 6.61 Å². The van der Waals surface area contributed by atoms with Gasteiger partial charge in [-0.1, -0.05) is 23.2 Å². The first-order chi connectivity index (χ1) is 8.01. The van der Waals surface area contributed by atoms with Gasteiger partial charge >= 0.3 is 0 Å². The third-order valence-electron chi connectivity index (χ3n) is 1.97. The Kier molecular flexibility index (Phi) is 5.48. The summed E-state index contributed by atoms with van der Waals surface area (Å²) in [7, 11) is 0. The minimum Gasteiger partial charge on any atom is -0.394 e. The van der Waals surface area contributed by atoms with E-state index >= 15 is 0 Å². The molecule has 0 heterocycles. The molecule has 1 aromatic carbocycles. The third-order valence-corrected chi connectivity index (χ3v) is 2.41. The summed E-state index contributed by atoms with van der Waals surface area (Å²) in [6.07, 6.45) is 2.98. The van der Waals surface area contributed by atoms with Gasteiger partial charge in [0.2, 0.25) is 5.91 Å². The minimum absolute atomic E-state index is 0.0947. The topological polar surface area (TPSA) is 49.3 Å². The highest BCUT2D eigenvalue weighted by atomic mass is 35.5. The van der Waals surface area contributed by atoms with Crippen molar-refractivity contribution in [2.24, 2.45) is 0 Å². The van der Waals surface area contributed by atoms with Crippen molar-refractivity contribution in [3.05, 3.63) is 39.9 Å². The largest absolute Gasteiger partial charge is 0.394 e. The van der Waals surface area contributed by atoms with Crippen LogP contribution in [0.5, 0.6) is 0 Å². The lowest BCUT2D eigenvalue weighted by Gasteiger charge is -2.07. The molecule has 0 aliphatic rings. The first-order valence-corrected chi connectivity index (χ1v) is 5.82. The second kappa shape index (κ2) is 6.64. The van der Waals surface area contributed by atoms with Crippen LogP contribution in [0.1, 0.15) is 12.5 Å². The molecular formula is C12H13Cl2NO2. The van der Waals surface area contributed by atoms with Gasteiger partial charge in [-0.15, -0.1) is 0 Å². The van der Waals surface area contributed by atoms with Crippen LogP contribution in [0.25, 0.3) is 6.08 Å². The lowest BCUT2D eigenvalue weighted by molar-refractivity contribution is -0.117. The smallest absolute Gasteiger partial charge is 0.244 e. The van der Waals surface area contributed by atoms with Crippen molar-refractivity contribution in [2.45, 2.75) is 13.0 Å². The molecule has 0 radical (unpaired) electrons. The van der Waals surface area contributed by atoms with Crippen molar-refractivity contribution < 1.29 is 9.90 Å². The summed E-state index contributed by atoms with van der Waals surface area (Å²) in [5.41, 5.74) is 0.745. The SMILES string of the molecule is C[C@@H](CO)NC(=O)C=Cc1cc(Cl)cc(Cl)c1. The summed E-state index contributed by atoms with van der Waals surface area (Å²) >= 11 is 11.6. The summed E-state index contributed by atoms with van der Waals surface area (Å²) in [6.45, 7) is 1.62. The molecule has 0 fully saturated rings. The van der Waals surface area contributed by atoms with E-state index in [1.54, 1.807) is 31.2 Å². The second-order valence-electron chi connectivity index (χ2n) is 3.63. The van der Waals surface area contributed by atoms with Gasteiger partial charge in [-0.25, -0.2) is 0 Å². The standard InChI is InChI=1S/C12H13Cl2NO2/c1-8(7-16)15-12(17)3-2-9-4-10(13)6-11(14)5-9/h2-6,8,16H,7H2,1H3,(H,15,17)/t8-/m0/s1. The van der Waals surface area contributed by atoms with Gasteiger partial charge in [0.15, 0.2) is 0 Å². The fourth-order valence-corrected chi connectivity index (χ4v) is 1.72. The number of amides is 1. The van der Waals surface area contributed by atoms with Crippen molar-refractivity contribution in [3.8, 4) is 0 Å². The normalized spacial score (nSPS) is 12.7. The number of benzene rings is 1. The van der Waals surface area contributed by atoms with Gasteiger partial charge in [-0.2, -0.15) is 0 Å². The number of aliphatic hydroxyl groups is 1. The van der Waals surface area contributed by atoms with Crippen LogP contribution < -0.4 is 5.32 Å². The first kappa shape index (κ1) is 14.0. The highest BCUT2D eigenvalue weighted by molar-refractivity contribution is 6.34. The van der Waals surface area contributed by atoms with Crippen LogP contribution in [0.15, 0.2) is 24.3 Å². The monoisotopic (exact) mass is 273 g/mol. The molecule has 0 aliphatic carbocycles. The van der Waals surface area contributed by atoms with Crippen molar-refractivity contribution >= 4 is 35.2 Å². The molecule has 1 rings (SSSR count). The molecule has 1 amide bonds. The summed E-state index contributed by atoms with van der Waals surface area (Å²) in [5, 5.41) is 12.4. The highest BCUT2D eigenvalue weighted by Crippen LogP contribution is 2.19. The van der Waals surface area contributed by atoms with Crippen LogP contribution in [0.4, 0.5) is 0 Å². The second-order valence-corrected chi connectivity index (χ2v) is 4.50. The molecule has 3 nitrogen and oxygen atoms in total. The Hall–Kier alpha value is -1.03. The van der Waals surface area contributed by atoms with E-state index in [0.717, 1.165) is 5.56 Å². The molecule has 0 spiro atoms. The number of rotatable bonds is 4. The molecule has 17 heavy (non-hydrogen) atoms. The average molecular weight is 274 g/mol. The van der Waals surface area contributed by atoms with Crippen LogP contribution in [-0.2, 0) is 4.79 Å². The maximum Gasteiger partial charge on any atom is 0.244 e. The lowest BCUT2D eigenvalue weighted by Crippen LogP contribution is -2.33. The van der Waals surface area contributed by atoms with Crippen molar-refractivity contribution in [1.82, 2.24) is 5.32 Å². The molecule has 0 saturated heterocycles. The fourth-order valence-electron chi connectivity index (χ4n) is 1.18. The molecule has 0 aliphatic heterocycles. The molecule has 0 bridgehead atoms. The zero-order valence-corrected chi connectivity index (χ0v) is 10.8. The summed E-state index contributed by atoms with van der Waals surface area (Å²) in [6, 6.07) is 4.75. The van der Waals surface area contributed by atoms with Gasteiger partial charge < -0.3 is 10.4 Å². The maximum absolute atomic E-state index is 11.4. The Bertz CT molecular complexity index is 412. The number of halogens is 2. The number of nitrogens with one attached hydrogen (secondary N) is 1.